The standard InChI is InChI=1S/C18H17N3O4S/c1-11-5-8-13(26(23,24)21-12-6-7-12)9-14(11)18(22)20-15-3-2-4-16-17(15)19-10-25-16/h2-5,8-10,12,21H,6-7H2,1H3,(H,20,22). The van der Waals surface area contributed by atoms with Crippen LogP contribution in [-0.4, -0.2) is 25.4 Å². The molecule has 0 atom stereocenters. The first-order valence-corrected chi connectivity index (χ1v) is 9.69. The topological polar surface area (TPSA) is 101 Å². The van der Waals surface area contributed by atoms with Gasteiger partial charge in [0.05, 0.1) is 10.6 Å². The molecule has 7 nitrogen and oxygen atoms in total. The second-order valence-corrected chi connectivity index (χ2v) is 8.05. The highest BCUT2D eigenvalue weighted by Gasteiger charge is 2.28. The van der Waals surface area contributed by atoms with Crippen LogP contribution in [0, 0.1) is 6.92 Å². The maximum atomic E-state index is 12.7. The van der Waals surface area contributed by atoms with Gasteiger partial charge in [0, 0.05) is 11.6 Å². The quantitative estimate of drug-likeness (QED) is 0.718. The normalized spacial score (nSPS) is 14.5. The van der Waals surface area contributed by atoms with Gasteiger partial charge in [-0.25, -0.2) is 18.1 Å². The fourth-order valence-corrected chi connectivity index (χ4v) is 4.01. The van der Waals surface area contributed by atoms with E-state index in [0.717, 1.165) is 12.8 Å². The zero-order valence-corrected chi connectivity index (χ0v) is 14.8. The van der Waals surface area contributed by atoms with Crippen molar-refractivity contribution < 1.29 is 17.6 Å². The number of aromatic nitrogens is 1. The number of aryl methyl sites for hydroxylation is 1. The minimum absolute atomic E-state index is 0.00310. The summed E-state index contributed by atoms with van der Waals surface area (Å²) < 4.78 is 32.7. The predicted molar refractivity (Wildman–Crippen MR) is 96.5 cm³/mol. The molecule has 0 spiro atoms. The van der Waals surface area contributed by atoms with E-state index < -0.39 is 15.9 Å². The number of carbonyl (C=O) groups excluding carboxylic acids is 1. The van der Waals surface area contributed by atoms with Gasteiger partial charge in [-0.05, 0) is 49.6 Å². The Labute approximate surface area is 150 Å². The molecule has 4 rings (SSSR count). The first kappa shape index (κ1) is 16.7. The summed E-state index contributed by atoms with van der Waals surface area (Å²) in [5.41, 5.74) is 2.58. The molecule has 2 aromatic carbocycles. The van der Waals surface area contributed by atoms with Gasteiger partial charge in [-0.3, -0.25) is 4.79 Å². The molecule has 3 aromatic rings. The van der Waals surface area contributed by atoms with Gasteiger partial charge in [-0.1, -0.05) is 12.1 Å². The smallest absolute Gasteiger partial charge is 0.256 e. The first-order valence-electron chi connectivity index (χ1n) is 8.20. The van der Waals surface area contributed by atoms with Crippen LogP contribution >= 0.6 is 0 Å². The van der Waals surface area contributed by atoms with E-state index in [1.165, 1.54) is 18.5 Å². The summed E-state index contributed by atoms with van der Waals surface area (Å²) >= 11 is 0. The number of oxazole rings is 1. The van der Waals surface area contributed by atoms with Crippen LogP contribution < -0.4 is 10.0 Å². The number of sulfonamides is 1. The minimum atomic E-state index is -3.63. The predicted octanol–water partition coefficient (Wildman–Crippen LogP) is 2.83. The summed E-state index contributed by atoms with van der Waals surface area (Å²) in [6, 6.07) is 9.76. The number of rotatable bonds is 5. The number of hydrogen-bond donors (Lipinski definition) is 2. The number of anilines is 1. The molecular formula is C18H17N3O4S. The molecule has 0 bridgehead atoms. The molecule has 0 saturated heterocycles. The number of para-hydroxylation sites is 1. The molecule has 0 radical (unpaired) electrons. The van der Waals surface area contributed by atoms with Crippen molar-refractivity contribution in [1.82, 2.24) is 9.71 Å². The average Bonchev–Trinajstić information content (AvgIpc) is 3.26. The Bertz CT molecular complexity index is 1100. The fourth-order valence-electron chi connectivity index (χ4n) is 2.68. The van der Waals surface area contributed by atoms with E-state index in [-0.39, 0.29) is 10.9 Å². The zero-order valence-electron chi connectivity index (χ0n) is 14.0. The van der Waals surface area contributed by atoms with Crippen molar-refractivity contribution in [2.75, 3.05) is 5.32 Å². The summed E-state index contributed by atoms with van der Waals surface area (Å²) in [7, 11) is -3.63. The van der Waals surface area contributed by atoms with Gasteiger partial charge in [-0.2, -0.15) is 0 Å². The zero-order chi connectivity index (χ0) is 18.3. The molecule has 1 aliphatic rings. The van der Waals surface area contributed by atoms with Gasteiger partial charge in [-0.15, -0.1) is 0 Å². The lowest BCUT2D eigenvalue weighted by Gasteiger charge is -2.11. The van der Waals surface area contributed by atoms with E-state index in [1.807, 2.05) is 0 Å². The Morgan fingerprint density at radius 2 is 2.04 bits per heavy atom. The maximum absolute atomic E-state index is 12.7. The number of carbonyl (C=O) groups is 1. The Morgan fingerprint density at radius 1 is 1.23 bits per heavy atom. The Morgan fingerprint density at radius 3 is 2.81 bits per heavy atom. The van der Waals surface area contributed by atoms with Crippen LogP contribution in [0.1, 0.15) is 28.8 Å². The molecule has 1 aliphatic carbocycles. The van der Waals surface area contributed by atoms with Crippen molar-refractivity contribution in [2.24, 2.45) is 0 Å². The van der Waals surface area contributed by atoms with Crippen molar-refractivity contribution >= 4 is 32.7 Å². The second kappa shape index (κ2) is 6.22. The summed E-state index contributed by atoms with van der Waals surface area (Å²) in [6.45, 7) is 1.76. The average molecular weight is 371 g/mol. The second-order valence-electron chi connectivity index (χ2n) is 6.33. The van der Waals surface area contributed by atoms with Crippen LogP contribution in [0.3, 0.4) is 0 Å². The van der Waals surface area contributed by atoms with Crippen LogP contribution in [0.5, 0.6) is 0 Å². The first-order chi connectivity index (χ1) is 12.4. The van der Waals surface area contributed by atoms with Crippen molar-refractivity contribution in [3.05, 3.63) is 53.9 Å². The Balaban J connectivity index is 1.65. The lowest BCUT2D eigenvalue weighted by atomic mass is 10.1. The van der Waals surface area contributed by atoms with Gasteiger partial charge in [0.25, 0.3) is 5.91 Å². The monoisotopic (exact) mass is 371 g/mol. The lowest BCUT2D eigenvalue weighted by Crippen LogP contribution is -2.26. The fraction of sp³-hybridized carbons (Fsp3) is 0.222. The van der Waals surface area contributed by atoms with Crippen LogP contribution in [0.4, 0.5) is 5.69 Å². The Kier molecular flexibility index (Phi) is 4.01. The molecule has 26 heavy (non-hydrogen) atoms. The van der Waals surface area contributed by atoms with Crippen molar-refractivity contribution in [1.29, 1.82) is 0 Å². The molecule has 1 saturated carbocycles. The SMILES string of the molecule is Cc1ccc(S(=O)(=O)NC2CC2)cc1C(=O)Nc1cccc2ocnc12. The number of fused-ring (bicyclic) bond motifs is 1. The van der Waals surface area contributed by atoms with Crippen LogP contribution in [0.15, 0.2) is 52.1 Å². The molecule has 1 aromatic heterocycles. The van der Waals surface area contributed by atoms with Crippen LogP contribution in [0.25, 0.3) is 11.1 Å². The molecule has 1 amide bonds. The molecule has 2 N–H and O–H groups in total. The molecule has 0 unspecified atom stereocenters. The summed E-state index contributed by atoms with van der Waals surface area (Å²) in [6.07, 6.45) is 3.00. The van der Waals surface area contributed by atoms with Crippen molar-refractivity contribution in [3.63, 3.8) is 0 Å². The highest BCUT2D eigenvalue weighted by Crippen LogP contribution is 2.25. The summed E-state index contributed by atoms with van der Waals surface area (Å²) in [5.74, 6) is -0.401. The van der Waals surface area contributed by atoms with Crippen molar-refractivity contribution in [3.8, 4) is 0 Å². The molecule has 134 valence electrons. The molecule has 1 fully saturated rings. The third-order valence-corrected chi connectivity index (χ3v) is 5.79. The van der Waals surface area contributed by atoms with Crippen LogP contribution in [-0.2, 0) is 10.0 Å². The van der Waals surface area contributed by atoms with E-state index in [1.54, 1.807) is 31.2 Å². The van der Waals surface area contributed by atoms with Crippen LogP contribution in [0.2, 0.25) is 0 Å². The summed E-state index contributed by atoms with van der Waals surface area (Å²) in [5, 5.41) is 2.78. The molecule has 8 heteroatoms. The van der Waals surface area contributed by atoms with Gasteiger partial charge in [0.15, 0.2) is 12.0 Å². The largest absolute Gasteiger partial charge is 0.443 e. The van der Waals surface area contributed by atoms with E-state index in [9.17, 15) is 13.2 Å². The van der Waals surface area contributed by atoms with Gasteiger partial charge < -0.3 is 9.73 Å². The van der Waals surface area contributed by atoms with E-state index >= 15 is 0 Å². The molecule has 1 heterocycles. The molecular weight excluding hydrogens is 354 g/mol. The number of nitrogens with one attached hydrogen (secondary N) is 2. The van der Waals surface area contributed by atoms with E-state index in [0.29, 0.717) is 27.9 Å². The highest BCUT2D eigenvalue weighted by atomic mass is 32.2. The Hall–Kier alpha value is -2.71. The number of amides is 1. The van der Waals surface area contributed by atoms with Crippen molar-refractivity contribution in [2.45, 2.75) is 30.7 Å². The third kappa shape index (κ3) is 3.21. The number of nitrogens with zero attached hydrogens (tertiary/aromatic N) is 1. The van der Waals surface area contributed by atoms with E-state index in [2.05, 4.69) is 15.0 Å². The highest BCUT2D eigenvalue weighted by molar-refractivity contribution is 7.89. The summed E-state index contributed by atoms with van der Waals surface area (Å²) in [4.78, 5) is 16.9. The van der Waals surface area contributed by atoms with Gasteiger partial charge in [0.2, 0.25) is 10.0 Å². The third-order valence-electron chi connectivity index (χ3n) is 4.27. The number of hydrogen-bond acceptors (Lipinski definition) is 5. The van der Waals surface area contributed by atoms with Gasteiger partial charge >= 0.3 is 0 Å². The lowest BCUT2D eigenvalue weighted by molar-refractivity contribution is 0.102. The minimum Gasteiger partial charge on any atom is -0.443 e. The van der Waals surface area contributed by atoms with Gasteiger partial charge in [0.1, 0.15) is 5.52 Å². The maximum Gasteiger partial charge on any atom is 0.256 e. The van der Waals surface area contributed by atoms with E-state index in [4.69, 9.17) is 4.42 Å². The molecule has 0 aliphatic heterocycles. The number of benzene rings is 2.